The van der Waals surface area contributed by atoms with Gasteiger partial charge in [0.1, 0.15) is 11.6 Å². The van der Waals surface area contributed by atoms with Crippen LogP contribution in [0.25, 0.3) is 0 Å². The number of H-pyrrole nitrogens is 1. The number of aromatic hydroxyl groups is 1. The molecule has 17 heavy (non-hydrogen) atoms. The van der Waals surface area contributed by atoms with E-state index in [0.717, 1.165) is 5.56 Å². The van der Waals surface area contributed by atoms with Crippen molar-refractivity contribution in [3.05, 3.63) is 35.5 Å². The number of amides is 1. The number of phenolic OH excluding ortho intramolecular Hbond substituents is 1. The van der Waals surface area contributed by atoms with Gasteiger partial charge in [-0.2, -0.15) is 5.10 Å². The number of anilines is 2. The summed E-state index contributed by atoms with van der Waals surface area (Å²) in [7, 11) is 0. The molecule has 0 unspecified atom stereocenters. The summed E-state index contributed by atoms with van der Waals surface area (Å²) >= 11 is 0. The van der Waals surface area contributed by atoms with Gasteiger partial charge >= 0.3 is 0 Å². The third-order valence-electron chi connectivity index (χ3n) is 2.36. The number of phenols is 1. The normalized spacial score (nSPS) is 10.2. The molecule has 0 aliphatic rings. The SMILES string of the molecule is Cc1cn[nH]c1NC(=O)c1ccc(N)c(O)c1. The van der Waals surface area contributed by atoms with Gasteiger partial charge in [-0.05, 0) is 25.1 Å². The summed E-state index contributed by atoms with van der Waals surface area (Å²) in [5.74, 6) is 0.0814. The van der Waals surface area contributed by atoms with Gasteiger partial charge in [0.15, 0.2) is 0 Å². The molecule has 88 valence electrons. The van der Waals surface area contributed by atoms with E-state index in [0.29, 0.717) is 11.4 Å². The first-order valence-corrected chi connectivity index (χ1v) is 4.97. The predicted molar refractivity (Wildman–Crippen MR) is 63.8 cm³/mol. The second-order valence-corrected chi connectivity index (χ2v) is 3.66. The molecular formula is C11H12N4O2. The van der Waals surface area contributed by atoms with Crippen molar-refractivity contribution >= 4 is 17.4 Å². The summed E-state index contributed by atoms with van der Waals surface area (Å²) in [6, 6.07) is 4.33. The van der Waals surface area contributed by atoms with Gasteiger partial charge in [0.05, 0.1) is 11.9 Å². The van der Waals surface area contributed by atoms with Crippen LogP contribution in [0.2, 0.25) is 0 Å². The lowest BCUT2D eigenvalue weighted by Gasteiger charge is -2.05. The number of rotatable bonds is 2. The topological polar surface area (TPSA) is 104 Å². The van der Waals surface area contributed by atoms with E-state index in [1.807, 2.05) is 6.92 Å². The molecule has 0 saturated heterocycles. The number of nitrogens with zero attached hydrogens (tertiary/aromatic N) is 1. The van der Waals surface area contributed by atoms with Crippen LogP contribution in [0, 0.1) is 6.92 Å². The van der Waals surface area contributed by atoms with E-state index in [1.165, 1.54) is 18.2 Å². The largest absolute Gasteiger partial charge is 0.506 e. The summed E-state index contributed by atoms with van der Waals surface area (Å²) < 4.78 is 0. The number of hydrogen-bond acceptors (Lipinski definition) is 4. The maximum Gasteiger partial charge on any atom is 0.256 e. The summed E-state index contributed by atoms with van der Waals surface area (Å²) in [5, 5.41) is 18.5. The maximum absolute atomic E-state index is 11.8. The van der Waals surface area contributed by atoms with Crippen LogP contribution in [-0.4, -0.2) is 21.2 Å². The molecule has 1 aromatic heterocycles. The molecular weight excluding hydrogens is 220 g/mol. The number of nitrogens with two attached hydrogens (primary N) is 1. The van der Waals surface area contributed by atoms with Crippen LogP contribution in [-0.2, 0) is 0 Å². The highest BCUT2D eigenvalue weighted by atomic mass is 16.3. The van der Waals surface area contributed by atoms with Gasteiger partial charge in [-0.25, -0.2) is 0 Å². The number of benzene rings is 1. The fourth-order valence-electron chi connectivity index (χ4n) is 1.34. The van der Waals surface area contributed by atoms with Crippen molar-refractivity contribution in [3.63, 3.8) is 0 Å². The van der Waals surface area contributed by atoms with Crippen LogP contribution in [0.5, 0.6) is 5.75 Å². The van der Waals surface area contributed by atoms with Gasteiger partial charge in [-0.3, -0.25) is 9.89 Å². The quantitative estimate of drug-likeness (QED) is 0.462. The lowest BCUT2D eigenvalue weighted by atomic mass is 10.2. The molecule has 0 fully saturated rings. The Morgan fingerprint density at radius 2 is 2.29 bits per heavy atom. The molecule has 0 bridgehead atoms. The molecule has 1 heterocycles. The molecule has 1 amide bonds. The van der Waals surface area contributed by atoms with E-state index in [1.54, 1.807) is 6.20 Å². The molecule has 0 atom stereocenters. The average Bonchev–Trinajstić information content (AvgIpc) is 2.68. The highest BCUT2D eigenvalue weighted by Crippen LogP contribution is 2.21. The van der Waals surface area contributed by atoms with E-state index in [-0.39, 0.29) is 17.3 Å². The van der Waals surface area contributed by atoms with Gasteiger partial charge in [-0.1, -0.05) is 0 Å². The highest BCUT2D eigenvalue weighted by molar-refractivity contribution is 6.04. The maximum atomic E-state index is 11.8. The number of aryl methyl sites for hydroxylation is 1. The van der Waals surface area contributed by atoms with Crippen molar-refractivity contribution in [2.24, 2.45) is 0 Å². The van der Waals surface area contributed by atoms with Gasteiger partial charge in [0.2, 0.25) is 0 Å². The van der Waals surface area contributed by atoms with Crippen LogP contribution >= 0.6 is 0 Å². The lowest BCUT2D eigenvalue weighted by molar-refractivity contribution is 0.102. The van der Waals surface area contributed by atoms with E-state index in [2.05, 4.69) is 15.5 Å². The Labute approximate surface area is 97.5 Å². The summed E-state index contributed by atoms with van der Waals surface area (Å²) in [6.07, 6.45) is 1.61. The predicted octanol–water partition coefficient (Wildman–Crippen LogP) is 1.26. The van der Waals surface area contributed by atoms with Crippen molar-refractivity contribution in [3.8, 4) is 5.75 Å². The van der Waals surface area contributed by atoms with Gasteiger partial charge < -0.3 is 16.2 Å². The summed E-state index contributed by atoms with van der Waals surface area (Å²) in [5.41, 5.74) is 6.84. The smallest absolute Gasteiger partial charge is 0.256 e. The minimum Gasteiger partial charge on any atom is -0.506 e. The van der Waals surface area contributed by atoms with Gasteiger partial charge in [-0.15, -0.1) is 0 Å². The molecule has 0 spiro atoms. The molecule has 0 saturated carbocycles. The van der Waals surface area contributed by atoms with Crippen LogP contribution in [0.4, 0.5) is 11.5 Å². The molecule has 2 rings (SSSR count). The first-order valence-electron chi connectivity index (χ1n) is 4.97. The standard InChI is InChI=1S/C11H12N4O2/c1-6-5-13-15-10(6)14-11(17)7-2-3-8(12)9(16)4-7/h2-5,16H,12H2,1H3,(H2,13,14,15,17). The molecule has 5 N–H and O–H groups in total. The number of hydrogen-bond donors (Lipinski definition) is 4. The molecule has 6 heteroatoms. The summed E-state index contributed by atoms with van der Waals surface area (Å²) in [4.78, 5) is 11.8. The van der Waals surface area contributed by atoms with Crippen LogP contribution in [0.3, 0.4) is 0 Å². The first kappa shape index (κ1) is 11.0. The highest BCUT2D eigenvalue weighted by Gasteiger charge is 2.10. The van der Waals surface area contributed by atoms with Crippen LogP contribution in [0.1, 0.15) is 15.9 Å². The molecule has 0 radical (unpaired) electrons. The Balaban J connectivity index is 2.20. The monoisotopic (exact) mass is 232 g/mol. The number of carbonyl (C=O) groups is 1. The zero-order chi connectivity index (χ0) is 12.4. The minimum atomic E-state index is -0.340. The molecule has 1 aromatic carbocycles. The Kier molecular flexibility index (Phi) is 2.70. The van der Waals surface area contributed by atoms with Crippen molar-refractivity contribution in [1.82, 2.24) is 10.2 Å². The van der Waals surface area contributed by atoms with Crippen molar-refractivity contribution in [1.29, 1.82) is 0 Å². The number of nitrogens with one attached hydrogen (secondary N) is 2. The van der Waals surface area contributed by atoms with E-state index in [9.17, 15) is 9.90 Å². The van der Waals surface area contributed by atoms with E-state index < -0.39 is 0 Å². The van der Waals surface area contributed by atoms with Crippen molar-refractivity contribution < 1.29 is 9.90 Å². The Morgan fingerprint density at radius 1 is 1.53 bits per heavy atom. The molecule has 0 aliphatic carbocycles. The van der Waals surface area contributed by atoms with Crippen molar-refractivity contribution in [2.75, 3.05) is 11.1 Å². The van der Waals surface area contributed by atoms with Gasteiger partial charge in [0, 0.05) is 11.1 Å². The number of aromatic amines is 1. The molecule has 2 aromatic rings. The number of aromatic nitrogens is 2. The second kappa shape index (κ2) is 4.17. The first-order chi connectivity index (χ1) is 8.08. The summed E-state index contributed by atoms with van der Waals surface area (Å²) in [6.45, 7) is 1.82. The van der Waals surface area contributed by atoms with E-state index >= 15 is 0 Å². The molecule has 6 nitrogen and oxygen atoms in total. The Hall–Kier alpha value is -2.50. The average molecular weight is 232 g/mol. The number of carbonyl (C=O) groups excluding carboxylic acids is 1. The number of nitrogen functional groups attached to an aromatic ring is 1. The Morgan fingerprint density at radius 3 is 2.88 bits per heavy atom. The molecule has 0 aliphatic heterocycles. The fraction of sp³-hybridized carbons (Fsp3) is 0.0909. The van der Waals surface area contributed by atoms with Crippen LogP contribution < -0.4 is 11.1 Å². The lowest BCUT2D eigenvalue weighted by Crippen LogP contribution is -2.13. The third-order valence-corrected chi connectivity index (χ3v) is 2.36. The third kappa shape index (κ3) is 2.20. The second-order valence-electron chi connectivity index (χ2n) is 3.66. The zero-order valence-corrected chi connectivity index (χ0v) is 9.19. The minimum absolute atomic E-state index is 0.112. The zero-order valence-electron chi connectivity index (χ0n) is 9.19. The Bertz CT molecular complexity index is 562. The van der Waals surface area contributed by atoms with Gasteiger partial charge in [0.25, 0.3) is 5.91 Å². The fourth-order valence-corrected chi connectivity index (χ4v) is 1.34. The van der Waals surface area contributed by atoms with Crippen molar-refractivity contribution in [2.45, 2.75) is 6.92 Å². The van der Waals surface area contributed by atoms with E-state index in [4.69, 9.17) is 5.73 Å². The van der Waals surface area contributed by atoms with Crippen LogP contribution in [0.15, 0.2) is 24.4 Å².